The van der Waals surface area contributed by atoms with E-state index in [1.165, 1.54) is 12.1 Å². The van der Waals surface area contributed by atoms with Gasteiger partial charge in [0.15, 0.2) is 0 Å². The summed E-state index contributed by atoms with van der Waals surface area (Å²) in [5, 5.41) is 9.71. The number of carboxylic acids is 1. The highest BCUT2D eigenvalue weighted by Crippen LogP contribution is 2.46. The number of carbonyl (C=O) groups excluding carboxylic acids is 1. The summed E-state index contributed by atoms with van der Waals surface area (Å²) in [5.74, 6) is -2.46. The molecule has 0 aromatic heterocycles. The highest BCUT2D eigenvalue weighted by molar-refractivity contribution is 6.17. The molecule has 0 radical (unpaired) electrons. The summed E-state index contributed by atoms with van der Waals surface area (Å²) in [4.78, 5) is 25.4. The number of benzene rings is 3. The van der Waals surface area contributed by atoms with Crippen LogP contribution in [0.15, 0.2) is 42.5 Å². The van der Waals surface area contributed by atoms with Crippen molar-refractivity contribution in [2.24, 2.45) is 0 Å². The summed E-state index contributed by atoms with van der Waals surface area (Å²) in [6.45, 7) is -1.16. The second kappa shape index (κ2) is 9.01. The molecule has 1 aliphatic heterocycles. The quantitative estimate of drug-likeness (QED) is 0.504. The fourth-order valence-electron chi connectivity index (χ4n) is 4.00. The number of ether oxygens (including phenoxy) is 2. The first kappa shape index (κ1) is 22.4. The zero-order valence-electron chi connectivity index (χ0n) is 17.6. The number of alkyl halides is 2. The summed E-state index contributed by atoms with van der Waals surface area (Å²) in [5.41, 5.74) is 0.358. The van der Waals surface area contributed by atoms with Gasteiger partial charge in [0.2, 0.25) is 0 Å². The van der Waals surface area contributed by atoms with Crippen LogP contribution in [-0.2, 0) is 17.8 Å². The van der Waals surface area contributed by atoms with Crippen molar-refractivity contribution in [3.63, 3.8) is 0 Å². The molecular formula is C24H20F3NO5. The van der Waals surface area contributed by atoms with Crippen molar-refractivity contribution in [2.45, 2.75) is 32.9 Å². The van der Waals surface area contributed by atoms with Crippen molar-refractivity contribution in [3.8, 4) is 11.5 Å². The Morgan fingerprint density at radius 1 is 1.15 bits per heavy atom. The fraction of sp³-hybridized carbons (Fsp3) is 0.250. The van der Waals surface area contributed by atoms with Gasteiger partial charge >= 0.3 is 12.6 Å². The van der Waals surface area contributed by atoms with Gasteiger partial charge in [0.1, 0.15) is 17.3 Å². The molecule has 172 valence electrons. The number of rotatable bonds is 8. The smallest absolute Gasteiger partial charge is 0.387 e. The molecule has 0 spiro atoms. The number of fused-ring (bicyclic) bond motifs is 2. The fourth-order valence-corrected chi connectivity index (χ4v) is 4.00. The topological polar surface area (TPSA) is 76.1 Å². The van der Waals surface area contributed by atoms with E-state index in [9.17, 15) is 22.8 Å². The maximum Gasteiger partial charge on any atom is 0.387 e. The molecule has 33 heavy (non-hydrogen) atoms. The van der Waals surface area contributed by atoms with Crippen molar-refractivity contribution in [1.29, 1.82) is 0 Å². The van der Waals surface area contributed by atoms with E-state index in [2.05, 4.69) is 0 Å². The van der Waals surface area contributed by atoms with Gasteiger partial charge in [-0.05, 0) is 24.1 Å². The lowest BCUT2D eigenvalue weighted by atomic mass is 9.99. The van der Waals surface area contributed by atoms with Crippen LogP contribution >= 0.6 is 0 Å². The standard InChI is InChI=1S/C24H20F3NO5/c1-2-9-32-22-15-6-4-3-5-14(15)21(33-24(26)27)16-12-28(23(31)20(16)22)18-8-7-13(10-17(18)25)11-19(29)30/h3-8,10,24H,2,9,11-12H2,1H3,(H,29,30). The van der Waals surface area contributed by atoms with Crippen LogP contribution in [0.4, 0.5) is 18.9 Å². The predicted octanol–water partition coefficient (Wildman–Crippen LogP) is 5.16. The normalized spacial score (nSPS) is 13.0. The van der Waals surface area contributed by atoms with Gasteiger partial charge in [-0.2, -0.15) is 8.78 Å². The highest BCUT2D eigenvalue weighted by Gasteiger charge is 2.38. The SMILES string of the molecule is CCCOc1c2c(c(OC(F)F)c3ccccc13)CN(c1ccc(CC(=O)O)cc1F)C2=O. The summed E-state index contributed by atoms with van der Waals surface area (Å²) < 4.78 is 52.2. The van der Waals surface area contributed by atoms with Crippen molar-refractivity contribution >= 4 is 28.3 Å². The minimum atomic E-state index is -3.13. The molecule has 3 aromatic carbocycles. The highest BCUT2D eigenvalue weighted by atomic mass is 19.3. The van der Waals surface area contributed by atoms with E-state index in [0.717, 1.165) is 11.0 Å². The Bertz CT molecular complexity index is 1240. The third-order valence-corrected chi connectivity index (χ3v) is 5.31. The Morgan fingerprint density at radius 2 is 1.85 bits per heavy atom. The molecule has 9 heteroatoms. The van der Waals surface area contributed by atoms with Crippen LogP contribution in [-0.4, -0.2) is 30.2 Å². The Kier molecular flexibility index (Phi) is 6.13. The van der Waals surface area contributed by atoms with E-state index in [0.29, 0.717) is 17.2 Å². The lowest BCUT2D eigenvalue weighted by Crippen LogP contribution is -2.24. The maximum absolute atomic E-state index is 14.9. The summed E-state index contributed by atoms with van der Waals surface area (Å²) in [6, 6.07) is 10.4. The van der Waals surface area contributed by atoms with Crippen molar-refractivity contribution in [2.75, 3.05) is 11.5 Å². The Morgan fingerprint density at radius 3 is 2.45 bits per heavy atom. The zero-order valence-corrected chi connectivity index (χ0v) is 17.6. The molecule has 1 heterocycles. The molecule has 1 N–H and O–H groups in total. The second-order valence-electron chi connectivity index (χ2n) is 7.53. The van der Waals surface area contributed by atoms with Gasteiger partial charge in [-0.1, -0.05) is 37.3 Å². The van der Waals surface area contributed by atoms with E-state index in [1.54, 1.807) is 24.3 Å². The number of carbonyl (C=O) groups is 2. The van der Waals surface area contributed by atoms with Gasteiger partial charge in [-0.25, -0.2) is 4.39 Å². The van der Waals surface area contributed by atoms with Crippen LogP contribution in [0.5, 0.6) is 11.5 Å². The van der Waals surface area contributed by atoms with Crippen LogP contribution in [0.1, 0.15) is 34.8 Å². The molecule has 0 atom stereocenters. The van der Waals surface area contributed by atoms with Crippen LogP contribution < -0.4 is 14.4 Å². The number of carboxylic acid groups (broad SMARTS) is 1. The minimum Gasteiger partial charge on any atom is -0.492 e. The van der Waals surface area contributed by atoms with Crippen molar-refractivity contribution in [3.05, 3.63) is 65.0 Å². The lowest BCUT2D eigenvalue weighted by Gasteiger charge is -2.17. The van der Waals surface area contributed by atoms with E-state index in [4.69, 9.17) is 14.6 Å². The molecule has 0 fully saturated rings. The zero-order chi connectivity index (χ0) is 23.7. The van der Waals surface area contributed by atoms with E-state index in [-0.39, 0.29) is 53.4 Å². The molecule has 1 aliphatic rings. The first-order valence-corrected chi connectivity index (χ1v) is 10.3. The molecule has 0 saturated heterocycles. The predicted molar refractivity (Wildman–Crippen MR) is 115 cm³/mol. The van der Waals surface area contributed by atoms with Crippen LogP contribution in [0.2, 0.25) is 0 Å². The average Bonchev–Trinajstić information content (AvgIpc) is 3.10. The Balaban J connectivity index is 1.87. The van der Waals surface area contributed by atoms with Gasteiger partial charge in [0.05, 0.1) is 30.8 Å². The molecule has 0 saturated carbocycles. The van der Waals surface area contributed by atoms with Gasteiger partial charge in [0.25, 0.3) is 5.91 Å². The minimum absolute atomic E-state index is 0.0480. The summed E-state index contributed by atoms with van der Waals surface area (Å²) in [6.07, 6.45) is 0.272. The summed E-state index contributed by atoms with van der Waals surface area (Å²) in [7, 11) is 0. The van der Waals surface area contributed by atoms with Gasteiger partial charge in [-0.15, -0.1) is 0 Å². The number of amides is 1. The molecule has 0 bridgehead atoms. The maximum atomic E-state index is 14.9. The molecule has 0 unspecified atom stereocenters. The van der Waals surface area contributed by atoms with E-state index >= 15 is 0 Å². The van der Waals surface area contributed by atoms with Gasteiger partial charge in [-0.3, -0.25) is 9.59 Å². The van der Waals surface area contributed by atoms with Crippen LogP contribution in [0.3, 0.4) is 0 Å². The second-order valence-corrected chi connectivity index (χ2v) is 7.53. The Hall–Kier alpha value is -3.75. The first-order valence-electron chi connectivity index (χ1n) is 10.3. The van der Waals surface area contributed by atoms with Gasteiger partial charge < -0.3 is 19.5 Å². The molecule has 3 aromatic rings. The lowest BCUT2D eigenvalue weighted by molar-refractivity contribution is -0.136. The number of halogens is 3. The molecule has 0 aliphatic carbocycles. The number of aliphatic carboxylic acids is 1. The molecule has 4 rings (SSSR count). The third-order valence-electron chi connectivity index (χ3n) is 5.31. The summed E-state index contributed by atoms with van der Waals surface area (Å²) >= 11 is 0. The third kappa shape index (κ3) is 4.18. The van der Waals surface area contributed by atoms with E-state index < -0.39 is 24.3 Å². The van der Waals surface area contributed by atoms with Crippen molar-refractivity contribution in [1.82, 2.24) is 0 Å². The van der Waals surface area contributed by atoms with Crippen LogP contribution in [0, 0.1) is 5.82 Å². The largest absolute Gasteiger partial charge is 0.492 e. The van der Waals surface area contributed by atoms with Crippen LogP contribution in [0.25, 0.3) is 10.8 Å². The van der Waals surface area contributed by atoms with Gasteiger partial charge in [0, 0.05) is 16.3 Å². The first-order chi connectivity index (χ1) is 15.8. The monoisotopic (exact) mass is 459 g/mol. The van der Waals surface area contributed by atoms with Crippen molar-refractivity contribution < 1.29 is 37.3 Å². The molecule has 6 nitrogen and oxygen atoms in total. The van der Waals surface area contributed by atoms with E-state index in [1.807, 2.05) is 6.92 Å². The average molecular weight is 459 g/mol. The molecule has 1 amide bonds. The number of hydrogen-bond donors (Lipinski definition) is 1. The number of hydrogen-bond acceptors (Lipinski definition) is 4. The number of anilines is 1. The number of nitrogens with zero attached hydrogens (tertiary/aromatic N) is 1. The Labute approximate surface area is 187 Å². The molecular weight excluding hydrogens is 439 g/mol.